The Hall–Kier alpha value is -0.870. The van der Waals surface area contributed by atoms with E-state index in [9.17, 15) is 16.8 Å². The minimum Gasteiger partial charge on any atom is -0.316 e. The van der Waals surface area contributed by atoms with E-state index in [1.54, 1.807) is 0 Å². The summed E-state index contributed by atoms with van der Waals surface area (Å²) in [4.78, 5) is 0.133. The fourth-order valence-electron chi connectivity index (χ4n) is 2.71. The van der Waals surface area contributed by atoms with E-state index in [4.69, 9.17) is 0 Å². The number of unbranched alkanes of at least 4 members (excludes halogenated alkanes) is 1. The second-order valence-corrected chi connectivity index (χ2v) is 9.95. The van der Waals surface area contributed by atoms with Crippen LogP contribution in [0.4, 0.5) is 5.69 Å². The summed E-state index contributed by atoms with van der Waals surface area (Å²) in [6, 6.07) is 5.77. The van der Waals surface area contributed by atoms with Gasteiger partial charge in [0.2, 0.25) is 20.0 Å². The number of hydrogen-bond acceptors (Lipinski definition) is 5. The summed E-state index contributed by atoms with van der Waals surface area (Å²) in [6.45, 7) is 4.26. The monoisotopic (exact) mass is 425 g/mol. The third-order valence-electron chi connectivity index (χ3n) is 4.21. The molecule has 1 aliphatic heterocycles. The van der Waals surface area contributed by atoms with E-state index in [0.717, 1.165) is 32.4 Å². The molecule has 1 heterocycles. The van der Waals surface area contributed by atoms with Crippen LogP contribution in [0.3, 0.4) is 0 Å². The lowest BCUT2D eigenvalue weighted by molar-refractivity contribution is 0.519. The molecule has 0 spiro atoms. The van der Waals surface area contributed by atoms with E-state index in [1.807, 2.05) is 6.92 Å². The average molecular weight is 426 g/mol. The van der Waals surface area contributed by atoms with Gasteiger partial charge in [0.25, 0.3) is 0 Å². The topological polar surface area (TPSA) is 104 Å². The molecular formula is C16H28ClN3O4S2. The Balaban J connectivity index is 0.00000338. The number of hydrogen-bond donors (Lipinski definition) is 3. The van der Waals surface area contributed by atoms with Gasteiger partial charge in [-0.3, -0.25) is 4.72 Å². The normalized spacial score (nSPS) is 17.7. The second-order valence-electron chi connectivity index (χ2n) is 6.34. The van der Waals surface area contributed by atoms with Crippen molar-refractivity contribution in [3.8, 4) is 0 Å². The zero-order valence-electron chi connectivity index (χ0n) is 14.9. The van der Waals surface area contributed by atoms with Gasteiger partial charge in [0, 0.05) is 12.2 Å². The quantitative estimate of drug-likeness (QED) is 0.531. The van der Waals surface area contributed by atoms with Gasteiger partial charge >= 0.3 is 0 Å². The van der Waals surface area contributed by atoms with Crippen LogP contribution >= 0.6 is 12.4 Å². The maximum Gasteiger partial charge on any atom is 0.240 e. The Morgan fingerprint density at radius 3 is 2.42 bits per heavy atom. The largest absolute Gasteiger partial charge is 0.316 e. The number of halogens is 1. The highest BCUT2D eigenvalue weighted by Gasteiger charge is 2.18. The van der Waals surface area contributed by atoms with Crippen LogP contribution < -0.4 is 14.8 Å². The lowest BCUT2D eigenvalue weighted by atomic mass is 10.1. The number of anilines is 1. The molecule has 2 rings (SSSR count). The standard InChI is InChI=1S/C16H27N3O4S2.ClH/c1-2-3-12-24(20,21)19-15-4-6-16(7-5-15)25(22,23)18-11-9-14-8-10-17-13-14;/h4-7,14,17-19H,2-3,8-13H2,1H3;1H. The minimum atomic E-state index is -3.57. The van der Waals surface area contributed by atoms with E-state index in [0.29, 0.717) is 24.6 Å². The zero-order valence-corrected chi connectivity index (χ0v) is 17.4. The highest BCUT2D eigenvalue weighted by molar-refractivity contribution is 7.92. The molecule has 10 heteroatoms. The van der Waals surface area contributed by atoms with Crippen molar-refractivity contribution in [3.63, 3.8) is 0 Å². The molecule has 0 aromatic heterocycles. The number of nitrogens with one attached hydrogen (secondary N) is 3. The fourth-order valence-corrected chi connectivity index (χ4v) is 5.02. The molecule has 1 unspecified atom stereocenters. The molecule has 0 radical (unpaired) electrons. The van der Waals surface area contributed by atoms with Gasteiger partial charge in [-0.05, 0) is 62.5 Å². The highest BCUT2D eigenvalue weighted by atomic mass is 35.5. The molecule has 3 N–H and O–H groups in total. The van der Waals surface area contributed by atoms with Crippen molar-refractivity contribution in [2.75, 3.05) is 30.1 Å². The van der Waals surface area contributed by atoms with Crippen LogP contribution in [-0.2, 0) is 20.0 Å². The Labute approximate surface area is 162 Å². The smallest absolute Gasteiger partial charge is 0.240 e. The molecule has 150 valence electrons. The molecule has 0 saturated carbocycles. The Morgan fingerprint density at radius 2 is 1.85 bits per heavy atom. The van der Waals surface area contributed by atoms with Crippen molar-refractivity contribution in [2.45, 2.75) is 37.5 Å². The lowest BCUT2D eigenvalue weighted by Gasteiger charge is -2.11. The Morgan fingerprint density at radius 1 is 1.15 bits per heavy atom. The number of benzene rings is 1. The van der Waals surface area contributed by atoms with Gasteiger partial charge in [-0.15, -0.1) is 12.4 Å². The van der Waals surface area contributed by atoms with E-state index in [1.165, 1.54) is 24.3 Å². The molecule has 1 atom stereocenters. The Bertz CT molecular complexity index is 746. The molecular weight excluding hydrogens is 398 g/mol. The van der Waals surface area contributed by atoms with Crippen LogP contribution in [0, 0.1) is 5.92 Å². The van der Waals surface area contributed by atoms with Crippen LogP contribution in [0.1, 0.15) is 32.6 Å². The van der Waals surface area contributed by atoms with Crippen molar-refractivity contribution in [1.82, 2.24) is 10.0 Å². The van der Waals surface area contributed by atoms with Crippen molar-refractivity contribution < 1.29 is 16.8 Å². The van der Waals surface area contributed by atoms with Crippen molar-refractivity contribution >= 4 is 38.1 Å². The molecule has 1 aliphatic rings. The first-order valence-corrected chi connectivity index (χ1v) is 11.8. The van der Waals surface area contributed by atoms with Gasteiger partial charge in [0.05, 0.1) is 10.6 Å². The van der Waals surface area contributed by atoms with E-state index in [-0.39, 0.29) is 23.1 Å². The molecule has 1 fully saturated rings. The summed E-state index contributed by atoms with van der Waals surface area (Å²) in [5.74, 6) is 0.573. The predicted octanol–water partition coefficient (Wildman–Crippen LogP) is 1.93. The summed E-state index contributed by atoms with van der Waals surface area (Å²) in [6.07, 6.45) is 3.26. The molecule has 7 nitrogen and oxygen atoms in total. The summed E-state index contributed by atoms with van der Waals surface area (Å²) in [7, 11) is -6.96. The van der Waals surface area contributed by atoms with Gasteiger partial charge < -0.3 is 5.32 Å². The molecule has 0 amide bonds. The minimum absolute atomic E-state index is 0. The Kier molecular flexibility index (Phi) is 9.32. The van der Waals surface area contributed by atoms with E-state index < -0.39 is 20.0 Å². The SMILES string of the molecule is CCCCS(=O)(=O)Nc1ccc(S(=O)(=O)NCCC2CCNC2)cc1.Cl. The van der Waals surface area contributed by atoms with Gasteiger partial charge in [-0.1, -0.05) is 13.3 Å². The first-order chi connectivity index (χ1) is 11.8. The predicted molar refractivity (Wildman–Crippen MR) is 107 cm³/mol. The van der Waals surface area contributed by atoms with Gasteiger partial charge in [-0.2, -0.15) is 0 Å². The molecule has 1 aromatic carbocycles. The maximum absolute atomic E-state index is 12.3. The maximum atomic E-state index is 12.3. The summed E-state index contributed by atoms with van der Waals surface area (Å²) in [5.41, 5.74) is 0.368. The van der Waals surface area contributed by atoms with Gasteiger partial charge in [0.1, 0.15) is 0 Å². The summed E-state index contributed by atoms with van der Waals surface area (Å²) < 4.78 is 53.3. The van der Waals surface area contributed by atoms with E-state index in [2.05, 4.69) is 14.8 Å². The van der Waals surface area contributed by atoms with E-state index >= 15 is 0 Å². The molecule has 0 aliphatic carbocycles. The summed E-state index contributed by atoms with van der Waals surface area (Å²) in [5, 5.41) is 3.26. The van der Waals surface area contributed by atoms with Gasteiger partial charge in [0.15, 0.2) is 0 Å². The van der Waals surface area contributed by atoms with Crippen molar-refractivity contribution in [1.29, 1.82) is 0 Å². The highest BCUT2D eigenvalue weighted by Crippen LogP contribution is 2.16. The molecule has 0 bridgehead atoms. The summed E-state index contributed by atoms with van der Waals surface area (Å²) >= 11 is 0. The van der Waals surface area contributed by atoms with Crippen LogP contribution in [0.15, 0.2) is 29.2 Å². The second kappa shape index (κ2) is 10.5. The zero-order chi connectivity index (χ0) is 18.3. The van der Waals surface area contributed by atoms with Gasteiger partial charge in [-0.25, -0.2) is 21.6 Å². The average Bonchev–Trinajstić information content (AvgIpc) is 3.06. The van der Waals surface area contributed by atoms with Crippen LogP contribution in [0.25, 0.3) is 0 Å². The first-order valence-electron chi connectivity index (χ1n) is 8.63. The third kappa shape index (κ3) is 7.40. The van der Waals surface area contributed by atoms with Crippen LogP contribution in [0.2, 0.25) is 0 Å². The molecule has 1 saturated heterocycles. The molecule has 26 heavy (non-hydrogen) atoms. The lowest BCUT2D eigenvalue weighted by Crippen LogP contribution is -2.26. The van der Waals surface area contributed by atoms with Crippen LogP contribution in [0.5, 0.6) is 0 Å². The number of rotatable bonds is 10. The fraction of sp³-hybridized carbons (Fsp3) is 0.625. The number of sulfonamides is 2. The van der Waals surface area contributed by atoms with Crippen molar-refractivity contribution in [2.24, 2.45) is 5.92 Å². The first kappa shape index (κ1) is 23.2. The molecule has 1 aromatic rings. The van der Waals surface area contributed by atoms with Crippen LogP contribution in [-0.4, -0.2) is 42.2 Å². The van der Waals surface area contributed by atoms with Crippen molar-refractivity contribution in [3.05, 3.63) is 24.3 Å². The third-order valence-corrected chi connectivity index (χ3v) is 7.06.